The monoisotopic (exact) mass is 448 g/mol. The lowest BCUT2D eigenvalue weighted by atomic mass is 9.99. The molecule has 0 unspecified atom stereocenters. The summed E-state index contributed by atoms with van der Waals surface area (Å²) in [6.45, 7) is 5.22. The van der Waals surface area contributed by atoms with Gasteiger partial charge in [0, 0.05) is 39.9 Å². The molecule has 1 aliphatic rings. The number of para-hydroxylation sites is 3. The lowest BCUT2D eigenvalue weighted by Crippen LogP contribution is -2.12. The van der Waals surface area contributed by atoms with Crippen LogP contribution in [0.4, 0.5) is 11.4 Å². The third-order valence-electron chi connectivity index (χ3n) is 7.11. The zero-order chi connectivity index (χ0) is 23.4. The smallest absolute Gasteiger partial charge is 0.0547 e. The standard InChI is InChI=1S/C33H24N2/c1-23-22-34(26-10-4-2-5-11-26)31-19-17-24(20-30(23)31)25-16-18-29-28-14-8-9-15-32(28)35(33(29)21-25)27-12-6-3-7-13-27/h2-21H,1,22H2. The van der Waals surface area contributed by atoms with Crippen molar-refractivity contribution < 1.29 is 0 Å². The summed E-state index contributed by atoms with van der Waals surface area (Å²) in [5, 5.41) is 2.55. The van der Waals surface area contributed by atoms with Crippen LogP contribution >= 0.6 is 0 Å². The second kappa shape index (κ2) is 7.75. The van der Waals surface area contributed by atoms with E-state index in [0.717, 1.165) is 12.1 Å². The Morgan fingerprint density at radius 2 is 1.17 bits per heavy atom. The Labute approximate surface area is 205 Å². The van der Waals surface area contributed by atoms with Gasteiger partial charge in [0.05, 0.1) is 11.0 Å². The van der Waals surface area contributed by atoms with Gasteiger partial charge in [-0.2, -0.15) is 0 Å². The van der Waals surface area contributed by atoms with Crippen LogP contribution in [0.2, 0.25) is 0 Å². The van der Waals surface area contributed by atoms with Crippen LogP contribution < -0.4 is 4.90 Å². The van der Waals surface area contributed by atoms with Crippen molar-refractivity contribution in [2.75, 3.05) is 11.4 Å². The molecule has 0 saturated carbocycles. The van der Waals surface area contributed by atoms with E-state index in [1.807, 2.05) is 0 Å². The van der Waals surface area contributed by atoms with Crippen LogP contribution in [0.15, 0.2) is 128 Å². The second-order valence-corrected chi connectivity index (χ2v) is 9.18. The van der Waals surface area contributed by atoms with E-state index in [1.54, 1.807) is 0 Å². The first-order chi connectivity index (χ1) is 17.3. The minimum absolute atomic E-state index is 0.823. The molecule has 0 saturated heterocycles. The van der Waals surface area contributed by atoms with Gasteiger partial charge in [-0.1, -0.05) is 79.4 Å². The minimum Gasteiger partial charge on any atom is -0.336 e. The van der Waals surface area contributed by atoms with Gasteiger partial charge in [-0.05, 0) is 65.2 Å². The zero-order valence-corrected chi connectivity index (χ0v) is 19.4. The lowest BCUT2D eigenvalue weighted by Gasteiger charge is -2.19. The first-order valence-corrected chi connectivity index (χ1v) is 12.0. The Balaban J connectivity index is 1.39. The van der Waals surface area contributed by atoms with Gasteiger partial charge in [-0.15, -0.1) is 0 Å². The van der Waals surface area contributed by atoms with Crippen molar-refractivity contribution >= 4 is 38.8 Å². The molecule has 5 aromatic carbocycles. The fraction of sp³-hybridized carbons (Fsp3) is 0.0303. The summed E-state index contributed by atoms with van der Waals surface area (Å²) in [7, 11) is 0. The highest BCUT2D eigenvalue weighted by molar-refractivity contribution is 6.10. The third kappa shape index (κ3) is 3.11. The number of benzene rings is 5. The number of nitrogens with zero attached hydrogens (tertiary/aromatic N) is 2. The van der Waals surface area contributed by atoms with Gasteiger partial charge < -0.3 is 9.47 Å². The fourth-order valence-corrected chi connectivity index (χ4v) is 5.44. The molecule has 0 amide bonds. The number of rotatable bonds is 3. The highest BCUT2D eigenvalue weighted by Crippen LogP contribution is 2.42. The summed E-state index contributed by atoms with van der Waals surface area (Å²) >= 11 is 0. The van der Waals surface area contributed by atoms with Crippen LogP contribution in [0, 0.1) is 0 Å². The Morgan fingerprint density at radius 1 is 0.543 bits per heavy atom. The van der Waals surface area contributed by atoms with Crippen molar-refractivity contribution in [3.8, 4) is 16.8 Å². The quantitative estimate of drug-likeness (QED) is 0.263. The maximum Gasteiger partial charge on any atom is 0.0547 e. The maximum absolute atomic E-state index is 4.39. The summed E-state index contributed by atoms with van der Waals surface area (Å²) < 4.78 is 2.37. The van der Waals surface area contributed by atoms with E-state index < -0.39 is 0 Å². The molecule has 0 N–H and O–H groups in total. The van der Waals surface area contributed by atoms with Crippen molar-refractivity contribution in [2.45, 2.75) is 0 Å². The molecule has 0 atom stereocenters. The number of hydrogen-bond donors (Lipinski definition) is 0. The van der Waals surface area contributed by atoms with E-state index in [9.17, 15) is 0 Å². The highest BCUT2D eigenvalue weighted by atomic mass is 15.2. The van der Waals surface area contributed by atoms with Gasteiger partial charge in [0.2, 0.25) is 0 Å². The summed E-state index contributed by atoms with van der Waals surface area (Å²) in [6.07, 6.45) is 0. The molecule has 1 aromatic heterocycles. The van der Waals surface area contributed by atoms with Crippen molar-refractivity contribution in [3.05, 3.63) is 133 Å². The Morgan fingerprint density at radius 3 is 1.97 bits per heavy atom. The Kier molecular flexibility index (Phi) is 4.40. The van der Waals surface area contributed by atoms with E-state index >= 15 is 0 Å². The van der Waals surface area contributed by atoms with Crippen LogP contribution in [0.25, 0.3) is 44.2 Å². The molecule has 0 fully saturated rings. The van der Waals surface area contributed by atoms with Crippen LogP contribution in [0.5, 0.6) is 0 Å². The average molecular weight is 449 g/mol. The molecule has 35 heavy (non-hydrogen) atoms. The lowest BCUT2D eigenvalue weighted by molar-refractivity contribution is 1.16. The van der Waals surface area contributed by atoms with E-state index in [0.29, 0.717) is 0 Å². The van der Waals surface area contributed by atoms with Gasteiger partial charge in [-0.25, -0.2) is 0 Å². The Hall–Kier alpha value is -4.56. The third-order valence-corrected chi connectivity index (χ3v) is 7.11. The van der Waals surface area contributed by atoms with Gasteiger partial charge in [0.25, 0.3) is 0 Å². The number of fused-ring (bicyclic) bond motifs is 4. The molecular formula is C33H24N2. The Bertz CT molecular complexity index is 1730. The van der Waals surface area contributed by atoms with Crippen molar-refractivity contribution in [1.29, 1.82) is 0 Å². The molecule has 1 aliphatic heterocycles. The van der Waals surface area contributed by atoms with Gasteiger partial charge in [-0.3, -0.25) is 0 Å². The molecule has 2 heteroatoms. The van der Waals surface area contributed by atoms with E-state index in [1.165, 1.54) is 55.6 Å². The predicted molar refractivity (Wildman–Crippen MR) is 149 cm³/mol. The van der Waals surface area contributed by atoms with Crippen LogP contribution in [0.3, 0.4) is 0 Å². The van der Waals surface area contributed by atoms with Crippen molar-refractivity contribution in [2.24, 2.45) is 0 Å². The molecule has 2 heterocycles. The van der Waals surface area contributed by atoms with Gasteiger partial charge in [0.1, 0.15) is 0 Å². The summed E-state index contributed by atoms with van der Waals surface area (Å²) in [4.78, 5) is 2.35. The summed E-state index contributed by atoms with van der Waals surface area (Å²) in [6, 6.07) is 43.5. The van der Waals surface area contributed by atoms with Crippen LogP contribution in [-0.4, -0.2) is 11.1 Å². The van der Waals surface area contributed by atoms with Crippen molar-refractivity contribution in [3.63, 3.8) is 0 Å². The molecule has 0 spiro atoms. The van der Waals surface area contributed by atoms with Crippen molar-refractivity contribution in [1.82, 2.24) is 4.57 Å². The fourth-order valence-electron chi connectivity index (χ4n) is 5.44. The molecule has 0 bridgehead atoms. The summed E-state index contributed by atoms with van der Waals surface area (Å²) in [5.74, 6) is 0. The largest absolute Gasteiger partial charge is 0.336 e. The highest BCUT2D eigenvalue weighted by Gasteiger charge is 2.24. The normalized spacial score (nSPS) is 13.0. The molecule has 6 aromatic rings. The molecular weight excluding hydrogens is 424 g/mol. The topological polar surface area (TPSA) is 8.17 Å². The van der Waals surface area contributed by atoms with Gasteiger partial charge in [0.15, 0.2) is 0 Å². The molecule has 0 aliphatic carbocycles. The minimum atomic E-state index is 0.823. The second-order valence-electron chi connectivity index (χ2n) is 9.18. The van der Waals surface area contributed by atoms with E-state index in [4.69, 9.17) is 0 Å². The SMILES string of the molecule is C=C1CN(c2ccccc2)c2ccc(-c3ccc4c5ccccc5n(-c5ccccc5)c4c3)cc21. The number of anilines is 2. The number of hydrogen-bond acceptors (Lipinski definition) is 1. The van der Waals surface area contributed by atoms with Crippen LogP contribution in [0.1, 0.15) is 5.56 Å². The number of aromatic nitrogens is 1. The first kappa shape index (κ1) is 19.9. The molecule has 7 rings (SSSR count). The average Bonchev–Trinajstić information content (AvgIpc) is 3.43. The zero-order valence-electron chi connectivity index (χ0n) is 19.4. The van der Waals surface area contributed by atoms with Gasteiger partial charge >= 0.3 is 0 Å². The molecule has 2 nitrogen and oxygen atoms in total. The van der Waals surface area contributed by atoms with E-state index in [2.05, 4.69) is 137 Å². The van der Waals surface area contributed by atoms with Crippen LogP contribution in [-0.2, 0) is 0 Å². The molecule has 0 radical (unpaired) electrons. The summed E-state index contributed by atoms with van der Waals surface area (Å²) in [5.41, 5.74) is 10.9. The van der Waals surface area contributed by atoms with E-state index in [-0.39, 0.29) is 0 Å². The predicted octanol–water partition coefficient (Wildman–Crippen LogP) is 8.62. The molecule has 166 valence electrons. The first-order valence-electron chi connectivity index (χ1n) is 12.0. The maximum atomic E-state index is 4.39.